The molecule has 1 atom stereocenters. The van der Waals surface area contributed by atoms with Crippen molar-refractivity contribution < 1.29 is 22.7 Å². The molecule has 2 aromatic carbocycles. The molecule has 0 spiro atoms. The van der Waals surface area contributed by atoms with Gasteiger partial charge >= 0.3 is 0 Å². The van der Waals surface area contributed by atoms with Gasteiger partial charge in [0.25, 0.3) is 0 Å². The van der Waals surface area contributed by atoms with Crippen LogP contribution in [0.2, 0.25) is 0 Å². The average molecular weight is 490 g/mol. The highest BCUT2D eigenvalue weighted by molar-refractivity contribution is 7.89. The van der Waals surface area contributed by atoms with Crippen LogP contribution in [0, 0.1) is 5.92 Å². The van der Waals surface area contributed by atoms with Crippen LogP contribution in [0.4, 0.5) is 5.69 Å². The molecule has 0 aromatic heterocycles. The van der Waals surface area contributed by atoms with Gasteiger partial charge in [0.1, 0.15) is 0 Å². The number of piperidine rings is 1. The highest BCUT2D eigenvalue weighted by atomic mass is 32.2. The molecule has 3 rings (SSSR count). The van der Waals surface area contributed by atoms with Crippen LogP contribution in [0.5, 0.6) is 11.5 Å². The van der Waals surface area contributed by atoms with E-state index in [9.17, 15) is 13.2 Å². The molecule has 1 aliphatic heterocycles. The number of likely N-dealkylation sites (N-methyl/N-ethyl adjacent to an activating group) is 1. The molecule has 1 heterocycles. The number of rotatable bonds is 9. The summed E-state index contributed by atoms with van der Waals surface area (Å²) in [4.78, 5) is 15.0. The van der Waals surface area contributed by atoms with Gasteiger partial charge in [0.2, 0.25) is 15.9 Å². The molecule has 8 nitrogen and oxygen atoms in total. The van der Waals surface area contributed by atoms with E-state index >= 15 is 0 Å². The summed E-state index contributed by atoms with van der Waals surface area (Å²) in [5.74, 6) is 1.13. The molecule has 0 unspecified atom stereocenters. The molecule has 0 bridgehead atoms. The first-order valence-corrected chi connectivity index (χ1v) is 12.9. The molecule has 2 aromatic rings. The summed E-state index contributed by atoms with van der Waals surface area (Å²) in [6.45, 7) is 6.01. The van der Waals surface area contributed by atoms with Gasteiger partial charge in [-0.05, 0) is 55.5 Å². The number of nitrogens with zero attached hydrogens (tertiary/aromatic N) is 2. The van der Waals surface area contributed by atoms with Gasteiger partial charge in [0.05, 0.1) is 31.7 Å². The van der Waals surface area contributed by atoms with E-state index in [1.54, 1.807) is 0 Å². The number of hydrogen-bond acceptors (Lipinski definition) is 6. The zero-order chi connectivity index (χ0) is 24.9. The van der Waals surface area contributed by atoms with Crippen molar-refractivity contribution in [2.24, 2.45) is 5.92 Å². The van der Waals surface area contributed by atoms with Gasteiger partial charge in [-0.3, -0.25) is 4.79 Å². The fourth-order valence-electron chi connectivity index (χ4n) is 4.06. The molecular weight excluding hydrogens is 454 g/mol. The van der Waals surface area contributed by atoms with Gasteiger partial charge < -0.3 is 19.7 Å². The summed E-state index contributed by atoms with van der Waals surface area (Å²) in [5, 5.41) is 2.89. The standard InChI is InChI=1S/C25H35N3O5S/c1-18-12-14-28(15-13-18)21-8-6-20(7-9-21)19(2)26-25(29)17-27(3)34(30,31)22-10-11-23(32-4)24(16-22)33-5/h6-11,16,18-19H,12-15,17H2,1-5H3,(H,26,29)/t19-/m1/s1. The molecule has 186 valence electrons. The molecule has 0 radical (unpaired) electrons. The zero-order valence-electron chi connectivity index (χ0n) is 20.6. The first kappa shape index (κ1) is 25.8. The maximum absolute atomic E-state index is 12.9. The number of sulfonamides is 1. The molecule has 0 saturated carbocycles. The monoisotopic (exact) mass is 489 g/mol. The van der Waals surface area contributed by atoms with E-state index in [4.69, 9.17) is 9.47 Å². The smallest absolute Gasteiger partial charge is 0.243 e. The number of benzene rings is 2. The number of anilines is 1. The van der Waals surface area contributed by atoms with Crippen LogP contribution in [0.3, 0.4) is 0 Å². The molecule has 1 aliphatic rings. The quantitative estimate of drug-likeness (QED) is 0.581. The van der Waals surface area contributed by atoms with E-state index in [1.807, 2.05) is 19.1 Å². The number of carbonyl (C=O) groups excluding carboxylic acids is 1. The maximum Gasteiger partial charge on any atom is 0.243 e. The van der Waals surface area contributed by atoms with Crippen molar-refractivity contribution in [3.05, 3.63) is 48.0 Å². The summed E-state index contributed by atoms with van der Waals surface area (Å²) in [6.07, 6.45) is 2.40. The third-order valence-electron chi connectivity index (χ3n) is 6.35. The summed E-state index contributed by atoms with van der Waals surface area (Å²) in [5.41, 5.74) is 2.16. The van der Waals surface area contributed by atoms with E-state index in [-0.39, 0.29) is 23.4 Å². The Morgan fingerprint density at radius 3 is 2.29 bits per heavy atom. The Morgan fingerprint density at radius 2 is 1.71 bits per heavy atom. The number of ether oxygens (including phenoxy) is 2. The van der Waals surface area contributed by atoms with Gasteiger partial charge in [-0.15, -0.1) is 0 Å². The lowest BCUT2D eigenvalue weighted by Crippen LogP contribution is -2.39. The molecule has 1 saturated heterocycles. The second-order valence-corrected chi connectivity index (χ2v) is 10.9. The van der Waals surface area contributed by atoms with Gasteiger partial charge in [0, 0.05) is 31.9 Å². The van der Waals surface area contributed by atoms with Gasteiger partial charge in [-0.1, -0.05) is 19.1 Å². The Bertz CT molecular complexity index is 1080. The van der Waals surface area contributed by atoms with Crippen molar-refractivity contribution in [1.82, 2.24) is 9.62 Å². The van der Waals surface area contributed by atoms with Crippen LogP contribution in [-0.4, -0.2) is 59.5 Å². The Kier molecular flexibility index (Phi) is 8.43. The third kappa shape index (κ3) is 6.01. The lowest BCUT2D eigenvalue weighted by molar-refractivity contribution is -0.121. The minimum atomic E-state index is -3.88. The molecule has 1 N–H and O–H groups in total. The van der Waals surface area contributed by atoms with Crippen molar-refractivity contribution in [1.29, 1.82) is 0 Å². The first-order valence-electron chi connectivity index (χ1n) is 11.5. The Labute approximate surface area is 202 Å². The van der Waals surface area contributed by atoms with Crippen LogP contribution in [-0.2, 0) is 14.8 Å². The van der Waals surface area contributed by atoms with E-state index in [0.717, 1.165) is 28.9 Å². The molecule has 0 aliphatic carbocycles. The van der Waals surface area contributed by atoms with Gasteiger partial charge in [-0.25, -0.2) is 8.42 Å². The predicted molar refractivity (Wildman–Crippen MR) is 133 cm³/mol. The fraction of sp³-hybridized carbons (Fsp3) is 0.480. The maximum atomic E-state index is 12.9. The minimum Gasteiger partial charge on any atom is -0.493 e. The van der Waals surface area contributed by atoms with Gasteiger partial charge in [-0.2, -0.15) is 4.31 Å². The summed E-state index contributed by atoms with van der Waals surface area (Å²) >= 11 is 0. The number of amides is 1. The summed E-state index contributed by atoms with van der Waals surface area (Å²) in [7, 11) is 0.411. The lowest BCUT2D eigenvalue weighted by atomic mass is 9.98. The number of carbonyl (C=O) groups is 1. The van der Waals surface area contributed by atoms with Crippen molar-refractivity contribution in [3.8, 4) is 11.5 Å². The fourth-order valence-corrected chi connectivity index (χ4v) is 5.20. The largest absolute Gasteiger partial charge is 0.493 e. The van der Waals surface area contributed by atoms with Crippen LogP contribution >= 0.6 is 0 Å². The summed E-state index contributed by atoms with van der Waals surface area (Å²) in [6, 6.07) is 12.3. The van der Waals surface area contributed by atoms with Crippen LogP contribution in [0.25, 0.3) is 0 Å². The van der Waals surface area contributed by atoms with Gasteiger partial charge in [0.15, 0.2) is 11.5 Å². The predicted octanol–water partition coefficient (Wildman–Crippen LogP) is 3.44. The second kappa shape index (κ2) is 11.1. The Morgan fingerprint density at radius 1 is 1.09 bits per heavy atom. The molecular formula is C25H35N3O5S. The van der Waals surface area contributed by atoms with E-state index in [0.29, 0.717) is 11.5 Å². The van der Waals surface area contributed by atoms with Crippen molar-refractivity contribution in [3.63, 3.8) is 0 Å². The SMILES string of the molecule is COc1ccc(S(=O)(=O)N(C)CC(=O)N[C@H](C)c2ccc(N3CCC(C)CC3)cc2)cc1OC. The molecule has 1 fully saturated rings. The number of nitrogens with one attached hydrogen (secondary N) is 1. The zero-order valence-corrected chi connectivity index (χ0v) is 21.4. The lowest BCUT2D eigenvalue weighted by Gasteiger charge is -2.32. The van der Waals surface area contributed by atoms with Crippen LogP contribution in [0.1, 0.15) is 38.3 Å². The topological polar surface area (TPSA) is 88.2 Å². The molecule has 9 heteroatoms. The van der Waals surface area contributed by atoms with Crippen molar-refractivity contribution >= 4 is 21.6 Å². The molecule has 34 heavy (non-hydrogen) atoms. The van der Waals surface area contributed by atoms with Crippen LogP contribution in [0.15, 0.2) is 47.4 Å². The van der Waals surface area contributed by atoms with E-state index < -0.39 is 10.0 Å². The minimum absolute atomic E-state index is 0.0243. The van der Waals surface area contributed by atoms with Crippen molar-refractivity contribution in [2.75, 3.05) is 45.8 Å². The Balaban J connectivity index is 1.60. The highest BCUT2D eigenvalue weighted by Gasteiger charge is 2.25. The second-order valence-electron chi connectivity index (χ2n) is 8.83. The van der Waals surface area contributed by atoms with Crippen molar-refractivity contribution in [2.45, 2.75) is 37.6 Å². The summed E-state index contributed by atoms with van der Waals surface area (Å²) < 4.78 is 37.3. The Hall–Kier alpha value is -2.78. The highest BCUT2D eigenvalue weighted by Crippen LogP contribution is 2.30. The van der Waals surface area contributed by atoms with E-state index in [2.05, 4.69) is 29.3 Å². The van der Waals surface area contributed by atoms with Crippen LogP contribution < -0.4 is 19.7 Å². The number of hydrogen-bond donors (Lipinski definition) is 1. The van der Waals surface area contributed by atoms with E-state index in [1.165, 1.54) is 58.0 Å². The number of methoxy groups -OCH3 is 2. The third-order valence-corrected chi connectivity index (χ3v) is 8.15. The molecule has 1 amide bonds. The normalized spacial score (nSPS) is 15.8. The first-order chi connectivity index (χ1) is 16.1. The average Bonchev–Trinajstić information content (AvgIpc) is 2.83.